The summed E-state index contributed by atoms with van der Waals surface area (Å²) in [6.07, 6.45) is 2.92. The van der Waals surface area contributed by atoms with Crippen LogP contribution in [-0.2, 0) is 4.74 Å². The van der Waals surface area contributed by atoms with Gasteiger partial charge in [0, 0.05) is 30.8 Å². The molecule has 0 amide bonds. The minimum Gasteiger partial charge on any atom is -0.382 e. The Kier molecular flexibility index (Phi) is 4.78. The molecule has 0 spiro atoms. The topological polar surface area (TPSA) is 34.1 Å². The highest BCUT2D eigenvalue weighted by atomic mass is 32.1. The van der Waals surface area contributed by atoms with E-state index in [-0.39, 0.29) is 0 Å². The van der Waals surface area contributed by atoms with Gasteiger partial charge in [-0.15, -0.1) is 11.3 Å². The van der Waals surface area contributed by atoms with E-state index < -0.39 is 0 Å². The molecule has 0 aliphatic carbocycles. The van der Waals surface area contributed by atoms with Gasteiger partial charge in [0.05, 0.1) is 0 Å². The molecule has 13 heavy (non-hydrogen) atoms. The number of hydrogen-bond acceptors (Lipinski definition) is 4. The molecule has 1 heterocycles. The number of nitrogens with one attached hydrogen (secondary N) is 1. The molecule has 1 aromatic rings. The van der Waals surface area contributed by atoms with Crippen LogP contribution in [0.25, 0.3) is 0 Å². The number of aromatic nitrogens is 1. The van der Waals surface area contributed by atoms with Crippen LogP contribution < -0.4 is 5.32 Å². The molecule has 0 fully saturated rings. The Morgan fingerprint density at radius 2 is 2.46 bits per heavy atom. The molecule has 1 aromatic heterocycles. The van der Waals surface area contributed by atoms with Crippen molar-refractivity contribution in [1.82, 2.24) is 4.98 Å². The van der Waals surface area contributed by atoms with Crippen molar-refractivity contribution in [1.29, 1.82) is 0 Å². The number of aryl methyl sites for hydroxylation is 1. The van der Waals surface area contributed by atoms with Crippen LogP contribution in [0.2, 0.25) is 0 Å². The van der Waals surface area contributed by atoms with E-state index in [0.29, 0.717) is 0 Å². The normalized spacial score (nSPS) is 10.3. The van der Waals surface area contributed by atoms with Crippen molar-refractivity contribution in [2.45, 2.75) is 20.3 Å². The van der Waals surface area contributed by atoms with Gasteiger partial charge in [-0.05, 0) is 20.3 Å². The zero-order valence-corrected chi connectivity index (χ0v) is 8.99. The first-order valence-corrected chi connectivity index (χ1v) is 5.38. The maximum atomic E-state index is 5.22. The second-order valence-corrected chi connectivity index (χ2v) is 3.99. The molecule has 3 nitrogen and oxygen atoms in total. The highest BCUT2D eigenvalue weighted by molar-refractivity contribution is 7.15. The van der Waals surface area contributed by atoms with Crippen molar-refractivity contribution in [3.05, 3.63) is 11.1 Å². The van der Waals surface area contributed by atoms with Crippen LogP contribution in [-0.4, -0.2) is 24.7 Å². The fourth-order valence-electron chi connectivity index (χ4n) is 0.950. The quantitative estimate of drug-likeness (QED) is 0.715. The number of hydrogen-bond donors (Lipinski definition) is 1. The molecule has 1 rings (SSSR count). The van der Waals surface area contributed by atoms with E-state index in [1.807, 2.05) is 13.1 Å². The second kappa shape index (κ2) is 5.94. The summed E-state index contributed by atoms with van der Waals surface area (Å²) < 4.78 is 5.22. The summed E-state index contributed by atoms with van der Waals surface area (Å²) >= 11 is 1.69. The van der Waals surface area contributed by atoms with Gasteiger partial charge in [-0.2, -0.15) is 0 Å². The number of rotatable bonds is 6. The lowest BCUT2D eigenvalue weighted by atomic mass is 10.4. The predicted molar refractivity (Wildman–Crippen MR) is 56.5 cm³/mol. The fourth-order valence-corrected chi connectivity index (χ4v) is 1.64. The van der Waals surface area contributed by atoms with E-state index in [4.69, 9.17) is 4.74 Å². The molecule has 0 saturated carbocycles. The standard InChI is InChI=1S/C9H16N2OS/c1-3-12-6-4-5-10-9-11-7-8(2)13-9/h7H,3-6H2,1-2H3,(H,10,11). The minimum atomic E-state index is 0.802. The molecule has 0 aliphatic rings. The number of thiazole rings is 1. The van der Waals surface area contributed by atoms with Crippen LogP contribution in [0.5, 0.6) is 0 Å². The first-order valence-electron chi connectivity index (χ1n) is 4.57. The van der Waals surface area contributed by atoms with Crippen LogP contribution in [0.1, 0.15) is 18.2 Å². The third kappa shape index (κ3) is 4.24. The van der Waals surface area contributed by atoms with E-state index in [1.165, 1.54) is 4.88 Å². The summed E-state index contributed by atoms with van der Waals surface area (Å²) in [5, 5.41) is 4.26. The summed E-state index contributed by atoms with van der Waals surface area (Å²) in [5.41, 5.74) is 0. The predicted octanol–water partition coefficient (Wildman–Crippen LogP) is 2.29. The van der Waals surface area contributed by atoms with E-state index in [2.05, 4.69) is 17.2 Å². The summed E-state index contributed by atoms with van der Waals surface area (Å²) in [6.45, 7) is 6.64. The van der Waals surface area contributed by atoms with Crippen LogP contribution in [0, 0.1) is 6.92 Å². The monoisotopic (exact) mass is 200 g/mol. The van der Waals surface area contributed by atoms with Crippen LogP contribution >= 0.6 is 11.3 Å². The van der Waals surface area contributed by atoms with Crippen molar-refractivity contribution in [3.63, 3.8) is 0 Å². The zero-order chi connectivity index (χ0) is 9.52. The number of ether oxygens (including phenoxy) is 1. The number of anilines is 1. The Balaban J connectivity index is 2.06. The molecule has 0 aliphatic heterocycles. The average Bonchev–Trinajstić information content (AvgIpc) is 2.51. The Morgan fingerprint density at radius 1 is 1.62 bits per heavy atom. The zero-order valence-electron chi connectivity index (χ0n) is 8.17. The van der Waals surface area contributed by atoms with E-state index in [0.717, 1.165) is 31.3 Å². The van der Waals surface area contributed by atoms with Crippen LogP contribution in [0.4, 0.5) is 5.13 Å². The SMILES string of the molecule is CCOCCCNc1ncc(C)s1. The molecule has 4 heteroatoms. The van der Waals surface area contributed by atoms with Gasteiger partial charge in [0.25, 0.3) is 0 Å². The van der Waals surface area contributed by atoms with Gasteiger partial charge < -0.3 is 10.1 Å². The molecule has 0 saturated heterocycles. The Bertz CT molecular complexity index is 237. The highest BCUT2D eigenvalue weighted by Gasteiger charge is 1.95. The first kappa shape index (κ1) is 10.5. The van der Waals surface area contributed by atoms with Gasteiger partial charge in [-0.1, -0.05) is 0 Å². The van der Waals surface area contributed by atoms with Gasteiger partial charge in [-0.25, -0.2) is 4.98 Å². The van der Waals surface area contributed by atoms with Gasteiger partial charge in [0.2, 0.25) is 0 Å². The molecule has 0 aromatic carbocycles. The van der Waals surface area contributed by atoms with Crippen LogP contribution in [0.3, 0.4) is 0 Å². The molecular formula is C9H16N2OS. The highest BCUT2D eigenvalue weighted by Crippen LogP contribution is 2.15. The first-order chi connectivity index (χ1) is 6.33. The van der Waals surface area contributed by atoms with Crippen molar-refractivity contribution in [3.8, 4) is 0 Å². The Morgan fingerprint density at radius 3 is 3.08 bits per heavy atom. The molecule has 0 unspecified atom stereocenters. The van der Waals surface area contributed by atoms with Gasteiger partial charge in [0.15, 0.2) is 5.13 Å². The van der Waals surface area contributed by atoms with E-state index >= 15 is 0 Å². The molecule has 0 atom stereocenters. The lowest BCUT2D eigenvalue weighted by Gasteiger charge is -2.02. The fraction of sp³-hybridized carbons (Fsp3) is 0.667. The van der Waals surface area contributed by atoms with Crippen LogP contribution in [0.15, 0.2) is 6.20 Å². The van der Waals surface area contributed by atoms with Crippen molar-refractivity contribution >= 4 is 16.5 Å². The molecule has 74 valence electrons. The minimum absolute atomic E-state index is 0.802. The second-order valence-electron chi connectivity index (χ2n) is 2.75. The molecule has 1 N–H and O–H groups in total. The average molecular weight is 200 g/mol. The smallest absolute Gasteiger partial charge is 0.182 e. The summed E-state index contributed by atoms with van der Waals surface area (Å²) in [4.78, 5) is 5.44. The van der Waals surface area contributed by atoms with Crippen molar-refractivity contribution in [2.24, 2.45) is 0 Å². The summed E-state index contributed by atoms with van der Waals surface area (Å²) in [5.74, 6) is 0. The Hall–Kier alpha value is -0.610. The molecule has 0 radical (unpaired) electrons. The van der Waals surface area contributed by atoms with Gasteiger partial charge in [0.1, 0.15) is 0 Å². The van der Waals surface area contributed by atoms with Crippen molar-refractivity contribution < 1.29 is 4.74 Å². The lowest BCUT2D eigenvalue weighted by molar-refractivity contribution is 0.147. The largest absolute Gasteiger partial charge is 0.382 e. The third-order valence-corrected chi connectivity index (χ3v) is 2.44. The Labute approximate surface area is 83.1 Å². The maximum Gasteiger partial charge on any atom is 0.182 e. The lowest BCUT2D eigenvalue weighted by Crippen LogP contribution is -2.05. The van der Waals surface area contributed by atoms with Gasteiger partial charge in [-0.3, -0.25) is 0 Å². The maximum absolute atomic E-state index is 5.22. The third-order valence-electron chi connectivity index (χ3n) is 1.57. The molecule has 0 bridgehead atoms. The number of nitrogens with zero attached hydrogens (tertiary/aromatic N) is 1. The van der Waals surface area contributed by atoms with E-state index in [9.17, 15) is 0 Å². The summed E-state index contributed by atoms with van der Waals surface area (Å²) in [6, 6.07) is 0. The molecular weight excluding hydrogens is 184 g/mol. The summed E-state index contributed by atoms with van der Waals surface area (Å²) in [7, 11) is 0. The van der Waals surface area contributed by atoms with Crippen molar-refractivity contribution in [2.75, 3.05) is 25.1 Å². The van der Waals surface area contributed by atoms with E-state index in [1.54, 1.807) is 11.3 Å². The van der Waals surface area contributed by atoms with Gasteiger partial charge >= 0.3 is 0 Å².